The van der Waals surface area contributed by atoms with Crippen molar-refractivity contribution in [1.82, 2.24) is 5.32 Å². The molecule has 1 aromatic heterocycles. The minimum Gasteiger partial charge on any atom is -0.298 e. The Kier molecular flexibility index (Phi) is 4.34. The van der Waals surface area contributed by atoms with Crippen molar-refractivity contribution in [3.63, 3.8) is 0 Å². The van der Waals surface area contributed by atoms with Gasteiger partial charge in [0, 0.05) is 9.75 Å². The normalized spacial score (nSPS) is 16.7. The number of carbonyl (C=O) groups is 2. The van der Waals surface area contributed by atoms with Gasteiger partial charge in [-0.05, 0) is 62.8 Å². The zero-order chi connectivity index (χ0) is 17.4. The van der Waals surface area contributed by atoms with E-state index in [1.807, 2.05) is 51.1 Å². The molecule has 24 heavy (non-hydrogen) atoms. The zero-order valence-corrected chi connectivity index (χ0v) is 15.2. The molecular formula is C18H16N2O2S2. The first kappa shape index (κ1) is 16.5. The number of rotatable bonds is 2. The van der Waals surface area contributed by atoms with E-state index in [0.29, 0.717) is 5.69 Å². The van der Waals surface area contributed by atoms with Crippen LogP contribution in [-0.4, -0.2) is 16.9 Å². The van der Waals surface area contributed by atoms with Crippen LogP contribution in [0.5, 0.6) is 0 Å². The summed E-state index contributed by atoms with van der Waals surface area (Å²) in [5, 5.41) is 2.72. The smallest absolute Gasteiger partial charge is 0.270 e. The van der Waals surface area contributed by atoms with Crippen LogP contribution in [0.25, 0.3) is 6.08 Å². The lowest BCUT2D eigenvalue weighted by atomic mass is 10.1. The van der Waals surface area contributed by atoms with E-state index in [-0.39, 0.29) is 10.7 Å². The molecule has 1 N–H and O–H groups in total. The number of hydrogen-bond donors (Lipinski definition) is 1. The standard InChI is InChI=1S/C18H16N2O2S2/c1-10-4-7-15(11(2)8-10)20-17(22)14(16(21)19-18(20)23)9-13-6-5-12(3)24-13/h4-9H,1-3H3,(H,19,21,23)/b14-9-. The van der Waals surface area contributed by atoms with Crippen molar-refractivity contribution < 1.29 is 9.59 Å². The molecule has 1 aliphatic heterocycles. The van der Waals surface area contributed by atoms with Crippen LogP contribution in [0, 0.1) is 20.8 Å². The molecule has 1 saturated heterocycles. The second-order valence-corrected chi connectivity index (χ2v) is 7.40. The summed E-state index contributed by atoms with van der Waals surface area (Å²) in [6.07, 6.45) is 1.62. The zero-order valence-electron chi connectivity index (χ0n) is 13.5. The number of anilines is 1. The van der Waals surface area contributed by atoms with Gasteiger partial charge in [-0.3, -0.25) is 19.8 Å². The summed E-state index contributed by atoms with van der Waals surface area (Å²) in [6.45, 7) is 5.88. The van der Waals surface area contributed by atoms with Crippen molar-refractivity contribution in [1.29, 1.82) is 0 Å². The lowest BCUT2D eigenvalue weighted by molar-refractivity contribution is -0.122. The second-order valence-electron chi connectivity index (χ2n) is 5.70. The third kappa shape index (κ3) is 3.02. The molecule has 4 nitrogen and oxygen atoms in total. The number of amides is 2. The van der Waals surface area contributed by atoms with Crippen molar-refractivity contribution in [2.24, 2.45) is 0 Å². The molecule has 1 aliphatic rings. The summed E-state index contributed by atoms with van der Waals surface area (Å²) < 4.78 is 0. The monoisotopic (exact) mass is 356 g/mol. The minimum absolute atomic E-state index is 0.0884. The van der Waals surface area contributed by atoms with Gasteiger partial charge >= 0.3 is 0 Å². The van der Waals surface area contributed by atoms with Crippen molar-refractivity contribution in [2.75, 3.05) is 4.90 Å². The number of benzene rings is 1. The summed E-state index contributed by atoms with van der Waals surface area (Å²) in [5.41, 5.74) is 2.79. The summed E-state index contributed by atoms with van der Waals surface area (Å²) >= 11 is 6.75. The lowest BCUT2D eigenvalue weighted by Gasteiger charge is -2.30. The van der Waals surface area contributed by atoms with Gasteiger partial charge in [0.15, 0.2) is 5.11 Å². The Hall–Kier alpha value is -2.31. The van der Waals surface area contributed by atoms with E-state index in [1.165, 1.54) is 16.2 Å². The van der Waals surface area contributed by atoms with Crippen LogP contribution < -0.4 is 10.2 Å². The molecule has 1 aromatic carbocycles. The summed E-state index contributed by atoms with van der Waals surface area (Å²) in [5.74, 6) is -0.862. The molecule has 0 unspecified atom stereocenters. The lowest BCUT2D eigenvalue weighted by Crippen LogP contribution is -2.54. The van der Waals surface area contributed by atoms with Gasteiger partial charge in [0.25, 0.3) is 11.8 Å². The van der Waals surface area contributed by atoms with Gasteiger partial charge in [-0.25, -0.2) is 0 Å². The van der Waals surface area contributed by atoms with Gasteiger partial charge in [-0.1, -0.05) is 17.7 Å². The van der Waals surface area contributed by atoms with Crippen LogP contribution in [0.15, 0.2) is 35.9 Å². The molecule has 1 fully saturated rings. The average Bonchev–Trinajstić information content (AvgIpc) is 2.91. The van der Waals surface area contributed by atoms with E-state index in [4.69, 9.17) is 12.2 Å². The number of nitrogens with zero attached hydrogens (tertiary/aromatic N) is 1. The topological polar surface area (TPSA) is 49.4 Å². The van der Waals surface area contributed by atoms with Crippen LogP contribution in [-0.2, 0) is 9.59 Å². The van der Waals surface area contributed by atoms with E-state index in [0.717, 1.165) is 20.9 Å². The average molecular weight is 356 g/mol. The van der Waals surface area contributed by atoms with Crippen LogP contribution in [0.1, 0.15) is 20.9 Å². The fourth-order valence-corrected chi connectivity index (χ4v) is 3.70. The molecule has 0 aliphatic carbocycles. The molecule has 2 amide bonds. The molecule has 2 heterocycles. The van der Waals surface area contributed by atoms with Crippen molar-refractivity contribution in [2.45, 2.75) is 20.8 Å². The number of thiophene rings is 1. The highest BCUT2D eigenvalue weighted by atomic mass is 32.1. The summed E-state index contributed by atoms with van der Waals surface area (Å²) in [6, 6.07) is 9.59. The van der Waals surface area contributed by atoms with Gasteiger partial charge in [0.05, 0.1) is 5.69 Å². The quantitative estimate of drug-likeness (QED) is 0.509. The molecule has 0 bridgehead atoms. The van der Waals surface area contributed by atoms with Gasteiger partial charge < -0.3 is 0 Å². The SMILES string of the molecule is Cc1ccc(N2C(=O)/C(=C\c3ccc(C)s3)C(=O)NC2=S)c(C)c1. The van der Waals surface area contributed by atoms with Gasteiger partial charge in [-0.15, -0.1) is 11.3 Å². The molecule has 0 saturated carbocycles. The van der Waals surface area contributed by atoms with Crippen molar-refractivity contribution in [3.8, 4) is 0 Å². The Morgan fingerprint density at radius 1 is 1.12 bits per heavy atom. The predicted octanol–water partition coefficient (Wildman–Crippen LogP) is 3.50. The molecule has 0 atom stereocenters. The van der Waals surface area contributed by atoms with Gasteiger partial charge in [-0.2, -0.15) is 0 Å². The Balaban J connectivity index is 2.04. The van der Waals surface area contributed by atoms with Crippen molar-refractivity contribution >= 4 is 52.2 Å². The second kappa shape index (κ2) is 6.30. The molecule has 2 aromatic rings. The Morgan fingerprint density at radius 3 is 2.50 bits per heavy atom. The Labute approximate surface area is 149 Å². The number of carbonyl (C=O) groups excluding carboxylic acids is 2. The van der Waals surface area contributed by atoms with E-state index in [1.54, 1.807) is 6.08 Å². The number of nitrogens with one attached hydrogen (secondary N) is 1. The van der Waals surface area contributed by atoms with Gasteiger partial charge in [0.1, 0.15) is 5.57 Å². The van der Waals surface area contributed by atoms with E-state index >= 15 is 0 Å². The maximum Gasteiger partial charge on any atom is 0.270 e. The minimum atomic E-state index is -0.461. The highest BCUT2D eigenvalue weighted by molar-refractivity contribution is 7.80. The van der Waals surface area contributed by atoms with E-state index in [9.17, 15) is 9.59 Å². The van der Waals surface area contributed by atoms with Crippen LogP contribution in [0.4, 0.5) is 5.69 Å². The molecular weight excluding hydrogens is 340 g/mol. The number of thiocarbonyl (C=S) groups is 1. The Bertz CT molecular complexity index is 896. The van der Waals surface area contributed by atoms with Gasteiger partial charge in [0.2, 0.25) is 0 Å². The third-order valence-electron chi connectivity index (χ3n) is 3.74. The summed E-state index contributed by atoms with van der Waals surface area (Å²) in [7, 11) is 0. The first-order valence-corrected chi connectivity index (χ1v) is 8.64. The van der Waals surface area contributed by atoms with E-state index in [2.05, 4.69) is 5.32 Å². The van der Waals surface area contributed by atoms with Crippen molar-refractivity contribution in [3.05, 3.63) is 56.8 Å². The van der Waals surface area contributed by atoms with Crippen LogP contribution in [0.3, 0.4) is 0 Å². The third-order valence-corrected chi connectivity index (χ3v) is 4.97. The molecule has 0 spiro atoms. The largest absolute Gasteiger partial charge is 0.298 e. The maximum atomic E-state index is 12.9. The highest BCUT2D eigenvalue weighted by Crippen LogP contribution is 2.27. The number of hydrogen-bond acceptors (Lipinski definition) is 4. The Morgan fingerprint density at radius 2 is 1.88 bits per heavy atom. The summed E-state index contributed by atoms with van der Waals surface area (Å²) in [4.78, 5) is 28.5. The number of aryl methyl sites for hydroxylation is 3. The highest BCUT2D eigenvalue weighted by Gasteiger charge is 2.35. The maximum absolute atomic E-state index is 12.9. The van der Waals surface area contributed by atoms with E-state index < -0.39 is 11.8 Å². The first-order chi connectivity index (χ1) is 11.4. The van der Waals surface area contributed by atoms with Crippen LogP contribution in [0.2, 0.25) is 0 Å². The fourth-order valence-electron chi connectivity index (χ4n) is 2.61. The first-order valence-electron chi connectivity index (χ1n) is 7.42. The predicted molar refractivity (Wildman–Crippen MR) is 101 cm³/mol. The van der Waals surface area contributed by atoms with Crippen LogP contribution >= 0.6 is 23.6 Å². The molecule has 0 radical (unpaired) electrons. The molecule has 3 rings (SSSR count). The fraction of sp³-hybridized carbons (Fsp3) is 0.167. The molecule has 122 valence electrons. The molecule has 6 heteroatoms.